The van der Waals surface area contributed by atoms with Gasteiger partial charge in [-0.1, -0.05) is 46.7 Å². The second-order valence-electron chi connectivity index (χ2n) is 7.02. The van der Waals surface area contributed by atoms with Crippen LogP contribution < -0.4 is 5.73 Å². The zero-order chi connectivity index (χ0) is 13.3. The highest BCUT2D eigenvalue weighted by Crippen LogP contribution is 2.21. The van der Waals surface area contributed by atoms with Gasteiger partial charge in [0, 0.05) is 18.9 Å². The van der Waals surface area contributed by atoms with E-state index in [2.05, 4.69) is 51.7 Å². The van der Waals surface area contributed by atoms with Crippen molar-refractivity contribution in [2.75, 3.05) is 0 Å². The Morgan fingerprint density at radius 1 is 1.18 bits per heavy atom. The minimum atomic E-state index is 0.0328. The molecule has 0 bridgehead atoms. The Hall–Kier alpha value is -0.900. The van der Waals surface area contributed by atoms with Crippen molar-refractivity contribution in [1.82, 2.24) is 10.1 Å². The average Bonchev–Trinajstić information content (AvgIpc) is 2.47. The lowest BCUT2D eigenvalue weighted by Crippen LogP contribution is -2.37. The van der Waals surface area contributed by atoms with Crippen LogP contribution in [0.15, 0.2) is 4.52 Å². The molecule has 2 N–H and O–H groups in total. The fourth-order valence-corrected chi connectivity index (χ4v) is 1.41. The van der Waals surface area contributed by atoms with E-state index in [0.717, 1.165) is 12.2 Å². The molecule has 4 heteroatoms. The lowest BCUT2D eigenvalue weighted by molar-refractivity contribution is 0.284. The number of rotatable bonds is 3. The number of nitrogens with zero attached hydrogens (tertiary/aromatic N) is 2. The van der Waals surface area contributed by atoms with Gasteiger partial charge in [-0.2, -0.15) is 4.98 Å². The fourth-order valence-electron chi connectivity index (χ4n) is 1.41. The Balaban J connectivity index is 2.63. The molecule has 0 aliphatic carbocycles. The molecule has 98 valence electrons. The monoisotopic (exact) mass is 239 g/mol. The maximum Gasteiger partial charge on any atom is 0.228 e. The molecule has 0 radical (unpaired) electrons. The van der Waals surface area contributed by atoms with E-state index < -0.39 is 0 Å². The molecule has 0 spiro atoms. The Morgan fingerprint density at radius 2 is 1.76 bits per heavy atom. The molecule has 0 aromatic carbocycles. The molecule has 0 fully saturated rings. The van der Waals surface area contributed by atoms with Crippen LogP contribution in [0.1, 0.15) is 53.3 Å². The lowest BCUT2D eigenvalue weighted by atomic mass is 9.85. The molecular weight excluding hydrogens is 214 g/mol. The Labute approximate surface area is 104 Å². The normalized spacial score (nSPS) is 15.0. The van der Waals surface area contributed by atoms with Gasteiger partial charge in [0.15, 0.2) is 5.82 Å². The summed E-state index contributed by atoms with van der Waals surface area (Å²) in [6.07, 6.45) is 1.46. The van der Waals surface area contributed by atoms with Crippen LogP contribution in [0.4, 0.5) is 0 Å². The van der Waals surface area contributed by atoms with Crippen LogP contribution in [0, 0.1) is 10.8 Å². The third kappa shape index (κ3) is 4.86. The predicted molar refractivity (Wildman–Crippen MR) is 68.6 cm³/mol. The quantitative estimate of drug-likeness (QED) is 0.880. The summed E-state index contributed by atoms with van der Waals surface area (Å²) in [7, 11) is 0. The van der Waals surface area contributed by atoms with Crippen molar-refractivity contribution in [2.24, 2.45) is 16.6 Å². The first-order valence-corrected chi connectivity index (χ1v) is 6.15. The lowest BCUT2D eigenvalue weighted by Gasteiger charge is -2.25. The van der Waals surface area contributed by atoms with Gasteiger partial charge in [0.25, 0.3) is 0 Å². The highest BCUT2D eigenvalue weighted by atomic mass is 16.5. The van der Waals surface area contributed by atoms with Gasteiger partial charge in [0.1, 0.15) is 0 Å². The van der Waals surface area contributed by atoms with Crippen molar-refractivity contribution >= 4 is 0 Å². The van der Waals surface area contributed by atoms with Gasteiger partial charge in [-0.3, -0.25) is 0 Å². The van der Waals surface area contributed by atoms with Crippen molar-refractivity contribution in [1.29, 1.82) is 0 Å². The summed E-state index contributed by atoms with van der Waals surface area (Å²) in [5.74, 6) is 1.42. The summed E-state index contributed by atoms with van der Waals surface area (Å²) < 4.78 is 5.24. The molecule has 4 nitrogen and oxygen atoms in total. The molecule has 1 rings (SSSR count). The van der Waals surface area contributed by atoms with Crippen molar-refractivity contribution in [3.63, 3.8) is 0 Å². The molecule has 1 aromatic heterocycles. The molecule has 0 aliphatic rings. The summed E-state index contributed by atoms with van der Waals surface area (Å²) in [6.45, 7) is 12.8. The van der Waals surface area contributed by atoms with Gasteiger partial charge in [-0.15, -0.1) is 0 Å². The van der Waals surface area contributed by atoms with E-state index in [-0.39, 0.29) is 16.9 Å². The van der Waals surface area contributed by atoms with Crippen LogP contribution in [0.2, 0.25) is 0 Å². The molecule has 0 saturated heterocycles. The van der Waals surface area contributed by atoms with E-state index in [1.807, 2.05) is 0 Å². The largest absolute Gasteiger partial charge is 0.339 e. The van der Waals surface area contributed by atoms with E-state index in [9.17, 15) is 0 Å². The molecule has 1 atom stereocenters. The third-order valence-electron chi connectivity index (χ3n) is 2.71. The van der Waals surface area contributed by atoms with Crippen molar-refractivity contribution in [2.45, 2.75) is 60.4 Å². The predicted octanol–water partition coefficient (Wildman–Crippen LogP) is 2.57. The highest BCUT2D eigenvalue weighted by molar-refractivity contribution is 4.93. The summed E-state index contributed by atoms with van der Waals surface area (Å²) >= 11 is 0. The SMILES string of the molecule is CC(C)(C)Cc1noc(CC(N)C(C)(C)C)n1. The minimum absolute atomic E-state index is 0.0328. The van der Waals surface area contributed by atoms with Gasteiger partial charge in [-0.05, 0) is 10.8 Å². The number of hydrogen-bond donors (Lipinski definition) is 1. The maximum atomic E-state index is 6.09. The van der Waals surface area contributed by atoms with Crippen LogP contribution in [-0.4, -0.2) is 16.2 Å². The van der Waals surface area contributed by atoms with E-state index in [1.54, 1.807) is 0 Å². The maximum absolute atomic E-state index is 6.09. The van der Waals surface area contributed by atoms with Crippen molar-refractivity contribution in [3.05, 3.63) is 11.7 Å². The first-order chi connectivity index (χ1) is 7.58. The molecule has 1 aromatic rings. The molecule has 17 heavy (non-hydrogen) atoms. The molecule has 0 saturated carbocycles. The standard InChI is InChI=1S/C13H25N3O/c1-12(2,3)8-10-15-11(17-16-10)7-9(14)13(4,5)6/h9H,7-8,14H2,1-6H3. The molecule has 0 amide bonds. The van der Waals surface area contributed by atoms with Gasteiger partial charge in [0.05, 0.1) is 0 Å². The Bertz CT molecular complexity index is 357. The van der Waals surface area contributed by atoms with Crippen molar-refractivity contribution < 1.29 is 4.52 Å². The van der Waals surface area contributed by atoms with E-state index in [0.29, 0.717) is 12.3 Å². The summed E-state index contributed by atoms with van der Waals surface area (Å²) in [6, 6.07) is 0.0328. The second-order valence-corrected chi connectivity index (χ2v) is 7.02. The molecule has 1 unspecified atom stereocenters. The summed E-state index contributed by atoms with van der Waals surface area (Å²) in [5, 5.41) is 3.99. The van der Waals surface area contributed by atoms with Crippen LogP contribution in [-0.2, 0) is 12.8 Å². The highest BCUT2D eigenvalue weighted by Gasteiger charge is 2.24. The summed E-state index contributed by atoms with van der Waals surface area (Å²) in [5.41, 5.74) is 6.32. The minimum Gasteiger partial charge on any atom is -0.339 e. The molecule has 1 heterocycles. The molecular formula is C13H25N3O. The number of aromatic nitrogens is 2. The van der Waals surface area contributed by atoms with Crippen molar-refractivity contribution in [3.8, 4) is 0 Å². The van der Waals surface area contributed by atoms with Crippen LogP contribution in [0.25, 0.3) is 0 Å². The second kappa shape index (κ2) is 4.77. The van der Waals surface area contributed by atoms with E-state index >= 15 is 0 Å². The van der Waals surface area contributed by atoms with Gasteiger partial charge >= 0.3 is 0 Å². The first-order valence-electron chi connectivity index (χ1n) is 6.15. The zero-order valence-electron chi connectivity index (χ0n) is 11.9. The third-order valence-corrected chi connectivity index (χ3v) is 2.71. The summed E-state index contributed by atoms with van der Waals surface area (Å²) in [4.78, 5) is 4.39. The van der Waals surface area contributed by atoms with Crippen LogP contribution in [0.5, 0.6) is 0 Å². The van der Waals surface area contributed by atoms with Crippen LogP contribution >= 0.6 is 0 Å². The van der Waals surface area contributed by atoms with Crippen LogP contribution in [0.3, 0.4) is 0 Å². The average molecular weight is 239 g/mol. The van der Waals surface area contributed by atoms with Gasteiger partial charge in [-0.25, -0.2) is 0 Å². The fraction of sp³-hybridized carbons (Fsp3) is 0.846. The Morgan fingerprint density at radius 3 is 2.24 bits per heavy atom. The van der Waals surface area contributed by atoms with E-state index in [1.165, 1.54) is 0 Å². The topological polar surface area (TPSA) is 64.9 Å². The number of nitrogens with two attached hydrogens (primary N) is 1. The molecule has 0 aliphatic heterocycles. The van der Waals surface area contributed by atoms with E-state index in [4.69, 9.17) is 10.3 Å². The smallest absolute Gasteiger partial charge is 0.228 e. The zero-order valence-corrected chi connectivity index (χ0v) is 11.9. The van der Waals surface area contributed by atoms with Gasteiger partial charge < -0.3 is 10.3 Å². The first kappa shape index (κ1) is 14.2. The number of hydrogen-bond acceptors (Lipinski definition) is 4. The van der Waals surface area contributed by atoms with Gasteiger partial charge in [0.2, 0.25) is 5.89 Å². The Kier molecular flexibility index (Phi) is 3.97.